The minimum atomic E-state index is -0.397. The molecule has 0 saturated heterocycles. The van der Waals surface area contributed by atoms with E-state index in [1.165, 1.54) is 0 Å². The Labute approximate surface area is 180 Å². The first-order valence-corrected chi connectivity index (χ1v) is 10.0. The number of amides is 1. The summed E-state index contributed by atoms with van der Waals surface area (Å²) in [5, 5.41) is 6.30. The van der Waals surface area contributed by atoms with Gasteiger partial charge in [0, 0.05) is 17.1 Å². The van der Waals surface area contributed by atoms with Crippen LogP contribution in [-0.4, -0.2) is 30.2 Å². The molecule has 0 aliphatic carbocycles. The number of ether oxygens (including phenoxy) is 2. The van der Waals surface area contributed by atoms with Crippen molar-refractivity contribution < 1.29 is 19.1 Å². The third kappa shape index (κ3) is 8.50. The van der Waals surface area contributed by atoms with Gasteiger partial charge in [-0.1, -0.05) is 24.6 Å². The maximum atomic E-state index is 12.0. The van der Waals surface area contributed by atoms with Gasteiger partial charge in [-0.25, -0.2) is 4.79 Å². The third-order valence-corrected chi connectivity index (χ3v) is 4.13. The second-order valence-corrected chi connectivity index (χ2v) is 6.97. The molecule has 1 amide bonds. The van der Waals surface area contributed by atoms with Crippen LogP contribution in [0, 0.1) is 0 Å². The molecule has 0 heterocycles. The molecule has 2 N–H and O–H groups in total. The van der Waals surface area contributed by atoms with E-state index in [1.54, 1.807) is 48.5 Å². The van der Waals surface area contributed by atoms with Crippen LogP contribution in [0.2, 0.25) is 5.02 Å². The molecule has 0 aromatic heterocycles. The summed E-state index contributed by atoms with van der Waals surface area (Å²) in [6.45, 7) is 2.69. The van der Waals surface area contributed by atoms with Crippen molar-refractivity contribution in [2.24, 2.45) is 0 Å². The fourth-order valence-electron chi connectivity index (χ4n) is 2.31. The first kappa shape index (κ1) is 22.6. The zero-order chi connectivity index (χ0) is 21.1. The normalized spacial score (nSPS) is 10.1. The lowest BCUT2D eigenvalue weighted by Crippen LogP contribution is -2.34. The number of nitrogens with one attached hydrogen (secondary N) is 2. The lowest BCUT2D eigenvalue weighted by Gasteiger charge is -2.11. The summed E-state index contributed by atoms with van der Waals surface area (Å²) in [5.41, 5.74) is 1.00. The number of carbonyl (C=O) groups is 2. The van der Waals surface area contributed by atoms with Crippen molar-refractivity contribution in [1.82, 2.24) is 5.32 Å². The minimum Gasteiger partial charge on any atom is -0.494 e. The average molecular weight is 435 g/mol. The Kier molecular flexibility index (Phi) is 9.40. The first-order valence-electron chi connectivity index (χ1n) is 9.24. The smallest absolute Gasteiger partial charge is 0.338 e. The molecule has 0 aliphatic heterocycles. The molecule has 6 nitrogen and oxygen atoms in total. The van der Waals surface area contributed by atoms with E-state index < -0.39 is 5.97 Å². The van der Waals surface area contributed by atoms with Crippen LogP contribution in [0.1, 0.15) is 36.5 Å². The van der Waals surface area contributed by atoms with Crippen LogP contribution in [0.15, 0.2) is 48.5 Å². The minimum absolute atomic E-state index is 0.160. The molecule has 0 aliphatic rings. The molecule has 0 unspecified atom stereocenters. The molecule has 154 valence electrons. The van der Waals surface area contributed by atoms with Gasteiger partial charge in [-0.15, -0.1) is 0 Å². The highest BCUT2D eigenvalue weighted by atomic mass is 35.5. The molecule has 0 bridgehead atoms. The van der Waals surface area contributed by atoms with Crippen molar-refractivity contribution in [2.45, 2.75) is 26.2 Å². The molecule has 2 aromatic rings. The number of benzene rings is 2. The van der Waals surface area contributed by atoms with E-state index in [1.807, 2.05) is 6.92 Å². The Morgan fingerprint density at radius 1 is 1.10 bits per heavy atom. The third-order valence-electron chi connectivity index (χ3n) is 3.68. The van der Waals surface area contributed by atoms with Gasteiger partial charge in [0.2, 0.25) is 5.91 Å². The highest BCUT2D eigenvalue weighted by Crippen LogP contribution is 2.16. The second kappa shape index (κ2) is 12.0. The number of esters is 1. The van der Waals surface area contributed by atoms with E-state index in [0.717, 1.165) is 6.42 Å². The molecule has 0 radical (unpaired) electrons. The summed E-state index contributed by atoms with van der Waals surface area (Å²) < 4.78 is 10.7. The summed E-state index contributed by atoms with van der Waals surface area (Å²) in [4.78, 5) is 23.9. The van der Waals surface area contributed by atoms with Gasteiger partial charge in [0.25, 0.3) is 0 Å². The maximum absolute atomic E-state index is 12.0. The Hall–Kier alpha value is -2.64. The van der Waals surface area contributed by atoms with Gasteiger partial charge < -0.3 is 20.1 Å². The maximum Gasteiger partial charge on any atom is 0.338 e. The molecular formula is C21H23ClN2O4S. The molecule has 0 spiro atoms. The van der Waals surface area contributed by atoms with Crippen LogP contribution in [-0.2, 0) is 9.53 Å². The number of hydrogen-bond donors (Lipinski definition) is 2. The molecule has 2 aromatic carbocycles. The average Bonchev–Trinajstić information content (AvgIpc) is 2.70. The van der Waals surface area contributed by atoms with Crippen LogP contribution in [0.4, 0.5) is 5.69 Å². The van der Waals surface area contributed by atoms with Crippen LogP contribution < -0.4 is 15.4 Å². The van der Waals surface area contributed by atoms with E-state index in [4.69, 9.17) is 33.3 Å². The van der Waals surface area contributed by atoms with E-state index in [9.17, 15) is 9.59 Å². The van der Waals surface area contributed by atoms with E-state index in [-0.39, 0.29) is 17.4 Å². The predicted molar refractivity (Wildman–Crippen MR) is 118 cm³/mol. The fourth-order valence-corrected chi connectivity index (χ4v) is 2.66. The Morgan fingerprint density at radius 3 is 2.59 bits per heavy atom. The monoisotopic (exact) mass is 434 g/mol. The van der Waals surface area contributed by atoms with E-state index in [2.05, 4.69) is 10.6 Å². The highest BCUT2D eigenvalue weighted by Gasteiger charge is 2.09. The molecule has 29 heavy (non-hydrogen) atoms. The largest absolute Gasteiger partial charge is 0.494 e. The topological polar surface area (TPSA) is 76.7 Å². The molecule has 8 heteroatoms. The summed E-state index contributed by atoms with van der Waals surface area (Å²) in [5.74, 6) is 0.0798. The van der Waals surface area contributed by atoms with Crippen molar-refractivity contribution in [3.8, 4) is 5.75 Å². The second-order valence-electron chi connectivity index (χ2n) is 6.12. The van der Waals surface area contributed by atoms with Crippen molar-refractivity contribution in [3.63, 3.8) is 0 Å². The highest BCUT2D eigenvalue weighted by molar-refractivity contribution is 7.80. The predicted octanol–water partition coefficient (Wildman–Crippen LogP) is 4.58. The Morgan fingerprint density at radius 2 is 1.86 bits per heavy atom. The van der Waals surface area contributed by atoms with Crippen molar-refractivity contribution in [1.29, 1.82) is 0 Å². The fraction of sp³-hybridized carbons (Fsp3) is 0.286. The van der Waals surface area contributed by atoms with Crippen LogP contribution >= 0.6 is 23.8 Å². The van der Waals surface area contributed by atoms with Gasteiger partial charge in [-0.3, -0.25) is 4.79 Å². The SMILES string of the molecule is CCCOC(=O)c1cccc(NC(=S)NC(=O)CCCOc2ccc(Cl)cc2)c1. The van der Waals surface area contributed by atoms with Gasteiger partial charge in [0.15, 0.2) is 5.11 Å². The number of thiocarbonyl (C=S) groups is 1. The zero-order valence-electron chi connectivity index (χ0n) is 16.1. The quantitative estimate of drug-likeness (QED) is 0.342. The van der Waals surface area contributed by atoms with Gasteiger partial charge in [0.05, 0.1) is 18.8 Å². The number of rotatable bonds is 9. The summed E-state index contributed by atoms with van der Waals surface area (Å²) in [7, 11) is 0. The van der Waals surface area contributed by atoms with Gasteiger partial charge in [0.1, 0.15) is 5.75 Å². The van der Waals surface area contributed by atoms with Crippen LogP contribution in [0.25, 0.3) is 0 Å². The van der Waals surface area contributed by atoms with Gasteiger partial charge in [-0.05, 0) is 67.5 Å². The van der Waals surface area contributed by atoms with Crippen molar-refractivity contribution >= 4 is 46.5 Å². The molecule has 0 saturated carbocycles. The van der Waals surface area contributed by atoms with Gasteiger partial charge in [-0.2, -0.15) is 0 Å². The van der Waals surface area contributed by atoms with E-state index in [0.29, 0.717) is 41.7 Å². The summed E-state index contributed by atoms with van der Waals surface area (Å²) in [6, 6.07) is 13.8. The number of anilines is 1. The number of hydrogen-bond acceptors (Lipinski definition) is 5. The van der Waals surface area contributed by atoms with Gasteiger partial charge >= 0.3 is 5.97 Å². The lowest BCUT2D eigenvalue weighted by molar-refractivity contribution is -0.119. The number of halogens is 1. The summed E-state index contributed by atoms with van der Waals surface area (Å²) in [6.07, 6.45) is 1.55. The lowest BCUT2D eigenvalue weighted by atomic mass is 10.2. The molecule has 0 atom stereocenters. The number of carbonyl (C=O) groups excluding carboxylic acids is 2. The molecule has 0 fully saturated rings. The molecule has 2 rings (SSSR count). The summed E-state index contributed by atoms with van der Waals surface area (Å²) >= 11 is 11.0. The molecular weight excluding hydrogens is 412 g/mol. The first-order chi connectivity index (χ1) is 14.0. The Balaban J connectivity index is 1.72. The van der Waals surface area contributed by atoms with Crippen LogP contribution in [0.3, 0.4) is 0 Å². The Bertz CT molecular complexity index is 843. The zero-order valence-corrected chi connectivity index (χ0v) is 17.6. The van der Waals surface area contributed by atoms with Crippen molar-refractivity contribution in [3.05, 3.63) is 59.1 Å². The van der Waals surface area contributed by atoms with Crippen molar-refractivity contribution in [2.75, 3.05) is 18.5 Å². The standard InChI is InChI=1S/C21H23ClN2O4S/c1-2-12-28-20(26)15-5-3-6-17(14-15)23-21(29)24-19(25)7-4-13-27-18-10-8-16(22)9-11-18/h3,5-6,8-11,14H,2,4,7,12-13H2,1H3,(H2,23,24,25,29). The van der Waals surface area contributed by atoms with Crippen LogP contribution in [0.5, 0.6) is 5.75 Å². The van der Waals surface area contributed by atoms with E-state index >= 15 is 0 Å².